The lowest BCUT2D eigenvalue weighted by atomic mass is 9.98. The standard InChI is InChI=1S/C26H30ClF3N4O5/c1-13(2)20(22(35)26(28,29)30)31-23(36)18-6-5-11-34(18)25(38)21(14(3)4)32-24(37)19-12-17(33-39-19)15-7-9-16(27)10-8-15/h7-10,12-14,18,20-21H,5-6,11H2,1-4H3,(H,31,36)(H,32,37)/t18-,20-,21-/m0/s1. The molecular weight excluding hydrogens is 541 g/mol. The summed E-state index contributed by atoms with van der Waals surface area (Å²) in [4.78, 5) is 52.4. The Morgan fingerprint density at radius 3 is 2.21 bits per heavy atom. The minimum Gasteiger partial charge on any atom is -0.350 e. The van der Waals surface area contributed by atoms with Crippen molar-refractivity contribution in [2.24, 2.45) is 11.8 Å². The van der Waals surface area contributed by atoms with Crippen molar-refractivity contribution in [1.82, 2.24) is 20.7 Å². The molecule has 0 spiro atoms. The number of benzene rings is 1. The van der Waals surface area contributed by atoms with Crippen molar-refractivity contribution in [2.45, 2.75) is 64.8 Å². The Balaban J connectivity index is 1.73. The number of Topliss-reactive ketones (excluding diaryl/α,β-unsaturated/α-hetero) is 1. The molecule has 1 aromatic heterocycles. The van der Waals surface area contributed by atoms with Crippen LogP contribution in [0.2, 0.25) is 5.02 Å². The van der Waals surface area contributed by atoms with Gasteiger partial charge in [0.1, 0.15) is 17.8 Å². The second-order valence-electron chi connectivity index (χ2n) is 10.1. The molecule has 1 aromatic carbocycles. The fourth-order valence-electron chi connectivity index (χ4n) is 4.31. The zero-order valence-electron chi connectivity index (χ0n) is 21.8. The molecule has 2 heterocycles. The Morgan fingerprint density at radius 2 is 1.64 bits per heavy atom. The maximum absolute atomic E-state index is 13.5. The Kier molecular flexibility index (Phi) is 9.42. The highest BCUT2D eigenvalue weighted by Crippen LogP contribution is 2.25. The summed E-state index contributed by atoms with van der Waals surface area (Å²) in [7, 11) is 0. The van der Waals surface area contributed by atoms with Gasteiger partial charge in [-0.2, -0.15) is 13.2 Å². The van der Waals surface area contributed by atoms with Gasteiger partial charge in [0, 0.05) is 23.2 Å². The van der Waals surface area contributed by atoms with Crippen molar-refractivity contribution < 1.29 is 36.9 Å². The Labute approximate surface area is 228 Å². The SMILES string of the molecule is CC(C)[C@H](NC(=O)c1cc(-c2ccc(Cl)cc2)no1)C(=O)N1CCC[C@H]1C(=O)N[C@H](C(=O)C(F)(F)F)C(C)C. The van der Waals surface area contributed by atoms with Gasteiger partial charge in [-0.1, -0.05) is 56.6 Å². The fourth-order valence-corrected chi connectivity index (χ4v) is 4.43. The van der Waals surface area contributed by atoms with E-state index in [1.807, 2.05) is 0 Å². The molecule has 1 aliphatic heterocycles. The summed E-state index contributed by atoms with van der Waals surface area (Å²) in [6.07, 6.45) is -4.49. The van der Waals surface area contributed by atoms with Gasteiger partial charge < -0.3 is 20.1 Å². The molecule has 9 nitrogen and oxygen atoms in total. The zero-order valence-corrected chi connectivity index (χ0v) is 22.6. The minimum atomic E-state index is -5.12. The number of carbonyl (C=O) groups is 4. The van der Waals surface area contributed by atoms with E-state index >= 15 is 0 Å². The molecule has 212 valence electrons. The van der Waals surface area contributed by atoms with E-state index < -0.39 is 59.6 Å². The second kappa shape index (κ2) is 12.2. The summed E-state index contributed by atoms with van der Waals surface area (Å²) >= 11 is 5.90. The first-order valence-corrected chi connectivity index (χ1v) is 12.8. The predicted molar refractivity (Wildman–Crippen MR) is 136 cm³/mol. The van der Waals surface area contributed by atoms with Crippen LogP contribution in [-0.4, -0.2) is 64.4 Å². The number of ketones is 1. The van der Waals surface area contributed by atoms with Crippen LogP contribution in [0.25, 0.3) is 11.3 Å². The lowest BCUT2D eigenvalue weighted by Crippen LogP contribution is -2.58. The Morgan fingerprint density at radius 1 is 1.03 bits per heavy atom. The molecule has 0 radical (unpaired) electrons. The van der Waals surface area contributed by atoms with E-state index in [4.69, 9.17) is 16.1 Å². The van der Waals surface area contributed by atoms with Crippen LogP contribution >= 0.6 is 11.6 Å². The van der Waals surface area contributed by atoms with Crippen LogP contribution < -0.4 is 10.6 Å². The van der Waals surface area contributed by atoms with E-state index in [0.717, 1.165) is 0 Å². The molecule has 0 saturated carbocycles. The highest BCUT2D eigenvalue weighted by molar-refractivity contribution is 6.30. The van der Waals surface area contributed by atoms with E-state index in [1.165, 1.54) is 24.8 Å². The van der Waals surface area contributed by atoms with Crippen molar-refractivity contribution in [3.8, 4) is 11.3 Å². The third-order valence-electron chi connectivity index (χ3n) is 6.46. The number of rotatable bonds is 9. The molecule has 1 fully saturated rings. The van der Waals surface area contributed by atoms with Crippen molar-refractivity contribution in [2.75, 3.05) is 6.54 Å². The van der Waals surface area contributed by atoms with Crippen LogP contribution in [0.3, 0.4) is 0 Å². The number of nitrogens with zero attached hydrogens (tertiary/aromatic N) is 2. The van der Waals surface area contributed by atoms with Gasteiger partial charge in [-0.3, -0.25) is 19.2 Å². The average molecular weight is 571 g/mol. The molecule has 0 bridgehead atoms. The van der Waals surface area contributed by atoms with E-state index in [0.29, 0.717) is 22.7 Å². The number of amides is 3. The zero-order chi connectivity index (χ0) is 29.1. The molecule has 0 aliphatic carbocycles. The van der Waals surface area contributed by atoms with Gasteiger partial charge in [-0.05, 0) is 36.8 Å². The van der Waals surface area contributed by atoms with Gasteiger partial charge >= 0.3 is 6.18 Å². The largest absolute Gasteiger partial charge is 0.452 e. The van der Waals surface area contributed by atoms with E-state index in [2.05, 4.69) is 15.8 Å². The van der Waals surface area contributed by atoms with Crippen LogP contribution in [-0.2, 0) is 14.4 Å². The number of nitrogens with one attached hydrogen (secondary N) is 2. The van der Waals surface area contributed by atoms with Gasteiger partial charge in [-0.25, -0.2) is 0 Å². The molecule has 3 amide bonds. The van der Waals surface area contributed by atoms with Crippen LogP contribution in [0.15, 0.2) is 34.9 Å². The molecule has 1 saturated heterocycles. The molecule has 2 N–H and O–H groups in total. The van der Waals surface area contributed by atoms with Crippen LogP contribution in [0.1, 0.15) is 51.1 Å². The summed E-state index contributed by atoms with van der Waals surface area (Å²) in [5.74, 6) is -5.55. The minimum absolute atomic E-state index is 0.139. The average Bonchev–Trinajstić information content (AvgIpc) is 3.55. The fraction of sp³-hybridized carbons (Fsp3) is 0.500. The highest BCUT2D eigenvalue weighted by Gasteiger charge is 2.46. The molecule has 13 heteroatoms. The number of likely N-dealkylation sites (tertiary alicyclic amines) is 1. The molecule has 1 aliphatic rings. The van der Waals surface area contributed by atoms with E-state index in [1.54, 1.807) is 38.1 Å². The Hall–Kier alpha value is -3.41. The summed E-state index contributed by atoms with van der Waals surface area (Å²) in [5.41, 5.74) is 1.04. The number of alkyl halides is 3. The molecule has 3 atom stereocenters. The molecule has 2 aromatic rings. The first kappa shape index (κ1) is 30.1. The molecule has 3 rings (SSSR count). The van der Waals surface area contributed by atoms with Crippen LogP contribution in [0.5, 0.6) is 0 Å². The predicted octanol–water partition coefficient (Wildman–Crippen LogP) is 4.01. The monoisotopic (exact) mass is 570 g/mol. The number of hydrogen-bond donors (Lipinski definition) is 2. The van der Waals surface area contributed by atoms with Crippen LogP contribution in [0, 0.1) is 11.8 Å². The van der Waals surface area contributed by atoms with E-state index in [9.17, 15) is 32.3 Å². The van der Waals surface area contributed by atoms with Gasteiger partial charge in [0.05, 0.1) is 6.04 Å². The van der Waals surface area contributed by atoms with Gasteiger partial charge in [-0.15, -0.1) is 0 Å². The lowest BCUT2D eigenvalue weighted by molar-refractivity contribution is -0.175. The van der Waals surface area contributed by atoms with Crippen molar-refractivity contribution in [1.29, 1.82) is 0 Å². The quantitative estimate of drug-likeness (QED) is 0.470. The molecule has 39 heavy (non-hydrogen) atoms. The van der Waals surface area contributed by atoms with Crippen molar-refractivity contribution in [3.63, 3.8) is 0 Å². The maximum atomic E-state index is 13.5. The maximum Gasteiger partial charge on any atom is 0.452 e. The van der Waals surface area contributed by atoms with Gasteiger partial charge in [0.15, 0.2) is 0 Å². The number of hydrogen-bond acceptors (Lipinski definition) is 6. The number of aromatic nitrogens is 1. The van der Waals surface area contributed by atoms with Crippen LogP contribution in [0.4, 0.5) is 13.2 Å². The molecular formula is C26H30ClF3N4O5. The van der Waals surface area contributed by atoms with Crippen molar-refractivity contribution in [3.05, 3.63) is 41.1 Å². The second-order valence-corrected chi connectivity index (χ2v) is 10.5. The van der Waals surface area contributed by atoms with Crippen molar-refractivity contribution >= 4 is 35.1 Å². The molecule has 0 unspecified atom stereocenters. The highest BCUT2D eigenvalue weighted by atomic mass is 35.5. The third-order valence-corrected chi connectivity index (χ3v) is 6.71. The number of carbonyl (C=O) groups excluding carboxylic acids is 4. The summed E-state index contributed by atoms with van der Waals surface area (Å²) < 4.78 is 44.3. The first-order chi connectivity index (χ1) is 18.2. The Bertz CT molecular complexity index is 1210. The number of halogens is 4. The van der Waals surface area contributed by atoms with Gasteiger partial charge in [0.2, 0.25) is 17.6 Å². The third kappa shape index (κ3) is 7.17. The summed E-state index contributed by atoms with van der Waals surface area (Å²) in [5, 5.41) is 9.22. The summed E-state index contributed by atoms with van der Waals surface area (Å²) in [6.45, 7) is 6.34. The topological polar surface area (TPSA) is 122 Å². The first-order valence-electron chi connectivity index (χ1n) is 12.5. The lowest BCUT2D eigenvalue weighted by Gasteiger charge is -2.31. The smallest absolute Gasteiger partial charge is 0.350 e. The summed E-state index contributed by atoms with van der Waals surface area (Å²) in [6, 6.07) is 4.20. The van der Waals surface area contributed by atoms with E-state index in [-0.39, 0.29) is 18.7 Å². The normalized spacial score (nSPS) is 17.3. The van der Waals surface area contributed by atoms with Gasteiger partial charge in [0.25, 0.3) is 11.7 Å².